The van der Waals surface area contributed by atoms with Crippen molar-refractivity contribution in [3.63, 3.8) is 0 Å². The highest BCUT2D eigenvalue weighted by Gasteiger charge is 2.31. The predicted octanol–water partition coefficient (Wildman–Crippen LogP) is 3.49. The van der Waals surface area contributed by atoms with E-state index in [0.717, 1.165) is 62.5 Å². The van der Waals surface area contributed by atoms with E-state index in [1.165, 1.54) is 5.56 Å². The van der Waals surface area contributed by atoms with Crippen LogP contribution in [-0.4, -0.2) is 84.6 Å². The molecule has 2 aliphatic rings. The van der Waals surface area contributed by atoms with Crippen LogP contribution in [0.3, 0.4) is 0 Å². The van der Waals surface area contributed by atoms with Crippen LogP contribution in [0.5, 0.6) is 0 Å². The first-order valence-electron chi connectivity index (χ1n) is 14.2. The molecule has 10 heteroatoms. The number of nitrogens with one attached hydrogen (secondary N) is 2. The first-order valence-corrected chi connectivity index (χ1v) is 14.2. The van der Waals surface area contributed by atoms with Gasteiger partial charge in [0.05, 0.1) is 11.7 Å². The maximum Gasteiger partial charge on any atom is 0.319 e. The summed E-state index contributed by atoms with van der Waals surface area (Å²) in [6.45, 7) is 10.5. The molecule has 1 aromatic carbocycles. The molecule has 4 N–H and O–H groups in total. The van der Waals surface area contributed by atoms with Gasteiger partial charge in [-0.15, -0.1) is 0 Å². The average molecular weight is 537 g/mol. The van der Waals surface area contributed by atoms with E-state index in [2.05, 4.69) is 39.6 Å². The number of carbonyl (C=O) groups excluding carboxylic acids is 2. The van der Waals surface area contributed by atoms with E-state index in [0.29, 0.717) is 25.3 Å². The van der Waals surface area contributed by atoms with E-state index in [-0.39, 0.29) is 23.2 Å². The quantitative estimate of drug-likeness (QED) is 0.472. The Morgan fingerprint density at radius 3 is 2.44 bits per heavy atom. The van der Waals surface area contributed by atoms with Gasteiger partial charge in [-0.2, -0.15) is 0 Å². The Morgan fingerprint density at radius 1 is 1.15 bits per heavy atom. The average Bonchev–Trinajstić information content (AvgIpc) is 2.94. The van der Waals surface area contributed by atoms with Crippen molar-refractivity contribution in [1.29, 1.82) is 0 Å². The Balaban J connectivity index is 1.62. The van der Waals surface area contributed by atoms with Crippen molar-refractivity contribution in [3.05, 3.63) is 41.2 Å². The van der Waals surface area contributed by atoms with Gasteiger partial charge in [-0.3, -0.25) is 4.79 Å². The highest BCUT2D eigenvalue weighted by atomic mass is 16.2. The van der Waals surface area contributed by atoms with Crippen molar-refractivity contribution in [1.82, 2.24) is 25.1 Å². The number of piperidine rings is 2. The monoisotopic (exact) mass is 536 g/mol. The van der Waals surface area contributed by atoms with E-state index < -0.39 is 5.91 Å². The minimum absolute atomic E-state index is 0.0133. The van der Waals surface area contributed by atoms with Crippen LogP contribution in [0, 0.1) is 0 Å². The topological polar surface area (TPSA) is 120 Å². The van der Waals surface area contributed by atoms with Gasteiger partial charge in [-0.05, 0) is 75.2 Å². The van der Waals surface area contributed by atoms with E-state index in [1.54, 1.807) is 19.0 Å². The lowest BCUT2D eigenvalue weighted by Gasteiger charge is -2.40. The van der Waals surface area contributed by atoms with Crippen LogP contribution in [0.25, 0.3) is 0 Å². The molecule has 4 rings (SSSR count). The van der Waals surface area contributed by atoms with Gasteiger partial charge in [-0.25, -0.2) is 14.8 Å². The molecule has 2 fully saturated rings. The molecule has 3 amide bonds. The van der Waals surface area contributed by atoms with E-state index >= 15 is 0 Å². The summed E-state index contributed by atoms with van der Waals surface area (Å²) in [5, 5.41) is 6.76. The number of hydrogen-bond acceptors (Lipinski definition) is 7. The third kappa shape index (κ3) is 6.27. The minimum Gasteiger partial charge on any atom is -0.364 e. The zero-order valence-electron chi connectivity index (χ0n) is 24.1. The van der Waals surface area contributed by atoms with E-state index in [4.69, 9.17) is 10.7 Å². The number of primary amides is 1. The smallest absolute Gasteiger partial charge is 0.319 e. The lowest BCUT2D eigenvalue weighted by Crippen LogP contribution is -2.53. The summed E-state index contributed by atoms with van der Waals surface area (Å²) in [4.78, 5) is 40.6. The van der Waals surface area contributed by atoms with Crippen LogP contribution >= 0.6 is 0 Å². The molecule has 0 radical (unpaired) electrons. The number of hydrogen-bond donors (Lipinski definition) is 3. The van der Waals surface area contributed by atoms with Crippen LogP contribution in [0.2, 0.25) is 0 Å². The summed E-state index contributed by atoms with van der Waals surface area (Å²) in [6, 6.07) is 8.46. The second-order valence-corrected chi connectivity index (χ2v) is 11.1. The normalized spacial score (nSPS) is 18.9. The molecule has 0 saturated carbocycles. The number of anilines is 3. The third-order valence-electron chi connectivity index (χ3n) is 8.17. The SMILES string of the molecule is CCc1nc(C(N)=O)c(Nc2ccc(C3(C)CCNCC3)cc2)nc1N1CCCC(N(CC)C(=O)N(C)C)C1. The van der Waals surface area contributed by atoms with Gasteiger partial charge in [-0.1, -0.05) is 26.0 Å². The summed E-state index contributed by atoms with van der Waals surface area (Å²) in [5.74, 6) is 0.478. The Kier molecular flexibility index (Phi) is 8.94. The second kappa shape index (κ2) is 12.2. The fourth-order valence-electron chi connectivity index (χ4n) is 5.78. The van der Waals surface area contributed by atoms with Crippen LogP contribution < -0.4 is 21.3 Å². The molecule has 39 heavy (non-hydrogen) atoms. The molecule has 0 aliphatic carbocycles. The number of nitrogens with two attached hydrogens (primary N) is 1. The summed E-state index contributed by atoms with van der Waals surface area (Å²) >= 11 is 0. The van der Waals surface area contributed by atoms with Crippen LogP contribution in [-0.2, 0) is 11.8 Å². The van der Waals surface area contributed by atoms with Gasteiger partial charge in [0, 0.05) is 39.4 Å². The number of aryl methyl sites for hydroxylation is 1. The highest BCUT2D eigenvalue weighted by molar-refractivity contribution is 5.96. The van der Waals surface area contributed by atoms with Gasteiger partial charge in [0.2, 0.25) is 0 Å². The summed E-state index contributed by atoms with van der Waals surface area (Å²) in [5.41, 5.74) is 8.91. The van der Waals surface area contributed by atoms with Gasteiger partial charge >= 0.3 is 6.03 Å². The number of benzene rings is 1. The van der Waals surface area contributed by atoms with Gasteiger partial charge in [0.1, 0.15) is 0 Å². The zero-order chi connectivity index (χ0) is 28.2. The Hall–Kier alpha value is -3.40. The molecular formula is C29H44N8O2. The second-order valence-electron chi connectivity index (χ2n) is 11.1. The number of urea groups is 1. The van der Waals surface area contributed by atoms with Gasteiger partial charge in [0.15, 0.2) is 17.3 Å². The van der Waals surface area contributed by atoms with Crippen LogP contribution in [0.15, 0.2) is 24.3 Å². The van der Waals surface area contributed by atoms with Gasteiger partial charge in [0.25, 0.3) is 5.91 Å². The standard InChI is InChI=1S/C29H44N8O2/c1-6-23-27(36-18-8-9-22(19-36)37(7-2)28(39)35(4)5)34-26(24(33-23)25(30)38)32-21-12-10-20(11-13-21)29(3)14-16-31-17-15-29/h10-13,22,31H,6-9,14-19H2,1-5H3,(H2,30,38)(H,32,34). The molecule has 212 valence electrons. The fourth-order valence-corrected chi connectivity index (χ4v) is 5.78. The highest BCUT2D eigenvalue weighted by Crippen LogP contribution is 2.34. The number of nitrogens with zero attached hydrogens (tertiary/aromatic N) is 5. The van der Waals surface area contributed by atoms with E-state index in [9.17, 15) is 9.59 Å². The summed E-state index contributed by atoms with van der Waals surface area (Å²) < 4.78 is 0. The van der Waals surface area contributed by atoms with Crippen molar-refractivity contribution in [2.75, 3.05) is 57.0 Å². The predicted molar refractivity (Wildman–Crippen MR) is 156 cm³/mol. The number of amides is 3. The largest absolute Gasteiger partial charge is 0.364 e. The maximum absolute atomic E-state index is 12.8. The van der Waals surface area contributed by atoms with Crippen molar-refractivity contribution in [2.24, 2.45) is 5.73 Å². The van der Waals surface area contributed by atoms with Crippen molar-refractivity contribution >= 4 is 29.3 Å². The molecule has 2 saturated heterocycles. The molecule has 3 heterocycles. The van der Waals surface area contributed by atoms with Crippen molar-refractivity contribution in [2.45, 2.75) is 64.3 Å². The van der Waals surface area contributed by atoms with E-state index in [1.807, 2.05) is 30.9 Å². The molecule has 2 aromatic rings. The zero-order valence-corrected chi connectivity index (χ0v) is 24.1. The van der Waals surface area contributed by atoms with Crippen molar-refractivity contribution in [3.8, 4) is 0 Å². The number of rotatable bonds is 8. The first kappa shape index (κ1) is 28.6. The molecule has 1 aromatic heterocycles. The van der Waals surface area contributed by atoms with Gasteiger partial charge < -0.3 is 31.1 Å². The van der Waals surface area contributed by atoms with Crippen molar-refractivity contribution < 1.29 is 9.59 Å². The molecule has 2 aliphatic heterocycles. The lowest BCUT2D eigenvalue weighted by atomic mass is 9.75. The maximum atomic E-state index is 12.8. The Labute approximate surface area is 232 Å². The molecule has 0 spiro atoms. The fraction of sp³-hybridized carbons (Fsp3) is 0.586. The molecule has 10 nitrogen and oxygen atoms in total. The third-order valence-corrected chi connectivity index (χ3v) is 8.17. The molecule has 1 unspecified atom stereocenters. The molecular weight excluding hydrogens is 492 g/mol. The summed E-state index contributed by atoms with van der Waals surface area (Å²) in [7, 11) is 3.57. The van der Waals surface area contributed by atoms with Crippen LogP contribution in [0.4, 0.5) is 22.1 Å². The minimum atomic E-state index is -0.615. The Bertz CT molecular complexity index is 1160. The number of carbonyl (C=O) groups is 2. The number of aromatic nitrogens is 2. The summed E-state index contributed by atoms with van der Waals surface area (Å²) in [6.07, 6.45) is 4.68. The Morgan fingerprint density at radius 2 is 1.85 bits per heavy atom. The number of likely N-dealkylation sites (N-methyl/N-ethyl adjacent to an activating group) is 1. The molecule has 0 bridgehead atoms. The molecule has 1 atom stereocenters. The lowest BCUT2D eigenvalue weighted by molar-refractivity contribution is 0.0995. The first-order chi connectivity index (χ1) is 18.7. The van der Waals surface area contributed by atoms with Crippen LogP contribution in [0.1, 0.15) is 68.2 Å².